The molecule has 0 aromatic carbocycles. The first-order valence-corrected chi connectivity index (χ1v) is 5.16. The fraction of sp³-hybridized carbons (Fsp3) is 0.700. The molecule has 1 saturated carbocycles. The van der Waals surface area contributed by atoms with Crippen molar-refractivity contribution < 1.29 is 9.21 Å². The Hall–Kier alpha value is -1.39. The van der Waals surface area contributed by atoms with Gasteiger partial charge in [-0.15, -0.1) is 10.2 Å². The summed E-state index contributed by atoms with van der Waals surface area (Å²) in [7, 11) is 0. The number of nitrogens with one attached hydrogen (secondary N) is 1. The smallest absolute Gasteiger partial charge is 0.241 e. The van der Waals surface area contributed by atoms with Crippen molar-refractivity contribution in [2.45, 2.75) is 38.6 Å². The van der Waals surface area contributed by atoms with E-state index in [9.17, 15) is 4.79 Å². The van der Waals surface area contributed by atoms with Gasteiger partial charge >= 0.3 is 0 Å². The van der Waals surface area contributed by atoms with E-state index in [0.717, 1.165) is 6.42 Å². The molecule has 1 atom stereocenters. The highest BCUT2D eigenvalue weighted by Gasteiger charge is 2.38. The fourth-order valence-electron chi connectivity index (χ4n) is 1.76. The molecule has 0 aliphatic heterocycles. The third-order valence-corrected chi connectivity index (χ3v) is 2.77. The number of amides is 1. The standard InChI is InChI=1S/C10H15N3O2/c1-7-12-13-9(15-7)10(2,11-6-14)5-8-3-4-8/h6,8H,3-5H2,1-2H3,(H,11,14). The van der Waals surface area contributed by atoms with Gasteiger partial charge in [0.05, 0.1) is 0 Å². The van der Waals surface area contributed by atoms with Crippen LogP contribution in [0.15, 0.2) is 4.42 Å². The van der Waals surface area contributed by atoms with Gasteiger partial charge in [0.1, 0.15) is 5.54 Å². The van der Waals surface area contributed by atoms with E-state index < -0.39 is 5.54 Å². The normalized spacial score (nSPS) is 19.6. The maximum Gasteiger partial charge on any atom is 0.241 e. The van der Waals surface area contributed by atoms with Crippen LogP contribution in [0, 0.1) is 12.8 Å². The van der Waals surface area contributed by atoms with Crippen LogP contribution in [0.3, 0.4) is 0 Å². The van der Waals surface area contributed by atoms with Crippen LogP contribution in [0.1, 0.15) is 38.0 Å². The van der Waals surface area contributed by atoms with Gasteiger partial charge in [0.25, 0.3) is 0 Å². The third kappa shape index (κ3) is 2.16. The monoisotopic (exact) mass is 209 g/mol. The summed E-state index contributed by atoms with van der Waals surface area (Å²) in [5.74, 6) is 1.70. The third-order valence-electron chi connectivity index (χ3n) is 2.77. The molecule has 82 valence electrons. The van der Waals surface area contributed by atoms with Crippen LogP contribution in [0.25, 0.3) is 0 Å². The summed E-state index contributed by atoms with van der Waals surface area (Å²) in [6.07, 6.45) is 4.02. The molecule has 1 N–H and O–H groups in total. The molecule has 5 heteroatoms. The molecule has 1 heterocycles. The first kappa shape index (κ1) is 10.1. The maximum absolute atomic E-state index is 10.6. The number of rotatable bonds is 5. The molecule has 1 fully saturated rings. The van der Waals surface area contributed by atoms with E-state index in [1.807, 2.05) is 6.92 Å². The van der Waals surface area contributed by atoms with Crippen LogP contribution in [-0.4, -0.2) is 16.6 Å². The first-order chi connectivity index (χ1) is 7.14. The van der Waals surface area contributed by atoms with Crippen molar-refractivity contribution in [3.8, 4) is 0 Å². The molecule has 1 aliphatic carbocycles. The van der Waals surface area contributed by atoms with Gasteiger partial charge in [-0.25, -0.2) is 0 Å². The van der Waals surface area contributed by atoms with Crippen molar-refractivity contribution in [1.82, 2.24) is 15.5 Å². The summed E-state index contributed by atoms with van der Waals surface area (Å²) >= 11 is 0. The maximum atomic E-state index is 10.6. The van der Waals surface area contributed by atoms with Crippen LogP contribution in [0.4, 0.5) is 0 Å². The Bertz CT molecular complexity index is 359. The topological polar surface area (TPSA) is 68.0 Å². The first-order valence-electron chi connectivity index (χ1n) is 5.16. The molecule has 1 aliphatic rings. The minimum absolute atomic E-state index is 0.499. The van der Waals surface area contributed by atoms with Crippen molar-refractivity contribution in [3.63, 3.8) is 0 Å². The summed E-state index contributed by atoms with van der Waals surface area (Å²) < 4.78 is 5.39. The van der Waals surface area contributed by atoms with E-state index in [2.05, 4.69) is 15.5 Å². The number of aromatic nitrogens is 2. The average Bonchev–Trinajstić information content (AvgIpc) is 2.85. The predicted molar refractivity (Wildman–Crippen MR) is 52.9 cm³/mol. The van der Waals surface area contributed by atoms with Crippen LogP contribution >= 0.6 is 0 Å². The van der Waals surface area contributed by atoms with Crippen molar-refractivity contribution in [2.24, 2.45) is 5.92 Å². The summed E-state index contributed by atoms with van der Waals surface area (Å²) in [5.41, 5.74) is -0.510. The molecular formula is C10H15N3O2. The molecule has 15 heavy (non-hydrogen) atoms. The van der Waals surface area contributed by atoms with Gasteiger partial charge in [0.2, 0.25) is 18.2 Å². The van der Waals surface area contributed by atoms with Crippen LogP contribution in [0.5, 0.6) is 0 Å². The molecule has 0 bridgehead atoms. The summed E-state index contributed by atoms with van der Waals surface area (Å²) in [5, 5.41) is 10.6. The van der Waals surface area contributed by atoms with Gasteiger partial charge in [0.15, 0.2) is 0 Å². The Labute approximate surface area is 88.3 Å². The number of hydrogen-bond acceptors (Lipinski definition) is 4. The molecule has 1 aromatic rings. The van der Waals surface area contributed by atoms with Gasteiger partial charge < -0.3 is 9.73 Å². The molecule has 0 radical (unpaired) electrons. The fourth-order valence-corrected chi connectivity index (χ4v) is 1.76. The Morgan fingerprint density at radius 1 is 1.60 bits per heavy atom. The average molecular weight is 209 g/mol. The van der Waals surface area contributed by atoms with E-state index in [-0.39, 0.29) is 0 Å². The molecule has 0 saturated heterocycles. The summed E-state index contributed by atoms with van der Waals surface area (Å²) in [6, 6.07) is 0. The minimum Gasteiger partial charge on any atom is -0.423 e. The Kier molecular flexibility index (Phi) is 2.46. The zero-order valence-electron chi connectivity index (χ0n) is 8.99. The van der Waals surface area contributed by atoms with Gasteiger partial charge in [-0.2, -0.15) is 0 Å². The summed E-state index contributed by atoms with van der Waals surface area (Å²) in [6.45, 7) is 3.67. The van der Waals surface area contributed by atoms with E-state index in [4.69, 9.17) is 4.42 Å². The molecule has 0 spiro atoms. The van der Waals surface area contributed by atoms with Crippen LogP contribution < -0.4 is 5.32 Å². The number of aryl methyl sites for hydroxylation is 1. The lowest BCUT2D eigenvalue weighted by molar-refractivity contribution is -0.111. The van der Waals surface area contributed by atoms with Crippen molar-refractivity contribution in [1.29, 1.82) is 0 Å². The second kappa shape index (κ2) is 3.64. The van der Waals surface area contributed by atoms with Gasteiger partial charge in [-0.05, 0) is 19.3 Å². The highest BCUT2D eigenvalue weighted by atomic mass is 16.4. The molecule has 1 unspecified atom stereocenters. The Morgan fingerprint density at radius 3 is 2.80 bits per heavy atom. The second-order valence-corrected chi connectivity index (χ2v) is 4.37. The molecule has 1 amide bonds. The van der Waals surface area contributed by atoms with Gasteiger partial charge in [-0.1, -0.05) is 12.8 Å². The Morgan fingerprint density at radius 2 is 2.33 bits per heavy atom. The lowest BCUT2D eigenvalue weighted by Gasteiger charge is -2.24. The van der Waals surface area contributed by atoms with Crippen LogP contribution in [-0.2, 0) is 10.3 Å². The highest BCUT2D eigenvalue weighted by Crippen LogP contribution is 2.40. The second-order valence-electron chi connectivity index (χ2n) is 4.37. The highest BCUT2D eigenvalue weighted by molar-refractivity contribution is 5.48. The van der Waals surface area contributed by atoms with Crippen LogP contribution in [0.2, 0.25) is 0 Å². The van der Waals surface area contributed by atoms with E-state index in [1.54, 1.807) is 6.92 Å². The zero-order chi connectivity index (χ0) is 10.9. The molecule has 1 aromatic heterocycles. The largest absolute Gasteiger partial charge is 0.423 e. The number of nitrogens with zero attached hydrogens (tertiary/aromatic N) is 2. The number of hydrogen-bond donors (Lipinski definition) is 1. The van der Waals surface area contributed by atoms with Crippen molar-refractivity contribution in [3.05, 3.63) is 11.8 Å². The summed E-state index contributed by atoms with van der Waals surface area (Å²) in [4.78, 5) is 10.6. The Balaban J connectivity index is 2.19. The number of carbonyl (C=O) groups is 1. The zero-order valence-corrected chi connectivity index (χ0v) is 8.99. The van der Waals surface area contributed by atoms with E-state index in [0.29, 0.717) is 24.1 Å². The lowest BCUT2D eigenvalue weighted by Crippen LogP contribution is -2.39. The lowest BCUT2D eigenvalue weighted by atomic mass is 9.95. The molecule has 5 nitrogen and oxygen atoms in total. The quantitative estimate of drug-likeness (QED) is 0.738. The van der Waals surface area contributed by atoms with Gasteiger partial charge in [-0.3, -0.25) is 4.79 Å². The molecular weight excluding hydrogens is 194 g/mol. The number of carbonyl (C=O) groups excluding carboxylic acids is 1. The van der Waals surface area contributed by atoms with Gasteiger partial charge in [0, 0.05) is 6.92 Å². The van der Waals surface area contributed by atoms with E-state index in [1.165, 1.54) is 12.8 Å². The predicted octanol–water partition coefficient (Wildman–Crippen LogP) is 1.14. The van der Waals surface area contributed by atoms with E-state index >= 15 is 0 Å². The molecule has 2 rings (SSSR count). The minimum atomic E-state index is -0.510. The van der Waals surface area contributed by atoms with Crippen molar-refractivity contribution in [2.75, 3.05) is 0 Å². The SMILES string of the molecule is Cc1nnc(C(C)(CC2CC2)NC=O)o1. The van der Waals surface area contributed by atoms with Crippen molar-refractivity contribution >= 4 is 6.41 Å².